The zero-order valence-electron chi connectivity index (χ0n) is 5.39. The largest absolute Gasteiger partial charge is 0.334 e. The van der Waals surface area contributed by atoms with Crippen LogP contribution in [-0.4, -0.2) is 24.4 Å². The van der Waals surface area contributed by atoms with E-state index < -0.39 is 0 Å². The molecule has 0 bridgehead atoms. The second kappa shape index (κ2) is 2.67. The van der Waals surface area contributed by atoms with Gasteiger partial charge in [-0.3, -0.25) is 4.79 Å². The second-order valence-corrected chi connectivity index (χ2v) is 2.33. The van der Waals surface area contributed by atoms with E-state index in [9.17, 15) is 4.79 Å². The third-order valence-corrected chi connectivity index (χ3v) is 1.60. The van der Waals surface area contributed by atoms with Crippen LogP contribution in [0.4, 0.5) is 0 Å². The second-order valence-electron chi connectivity index (χ2n) is 2.33. The van der Waals surface area contributed by atoms with Crippen molar-refractivity contribution in [3.05, 3.63) is 12.2 Å². The van der Waals surface area contributed by atoms with Crippen LogP contribution in [0.2, 0.25) is 0 Å². The molecule has 0 aromatic carbocycles. The molecule has 0 atom stereocenters. The van der Waals surface area contributed by atoms with Crippen molar-refractivity contribution in [1.82, 2.24) is 4.90 Å². The van der Waals surface area contributed by atoms with Crippen molar-refractivity contribution in [2.24, 2.45) is 0 Å². The Balaban J connectivity index is 2.34. The Morgan fingerprint density at radius 3 is 2.44 bits per heavy atom. The molecular weight excluding hydrogens is 114 g/mol. The average Bonchev–Trinajstić information content (AvgIpc) is 1.90. The summed E-state index contributed by atoms with van der Waals surface area (Å²) in [6, 6.07) is 0. The van der Waals surface area contributed by atoms with Gasteiger partial charge in [0.1, 0.15) is 0 Å². The fourth-order valence-corrected chi connectivity index (χ4v) is 0.914. The average molecular weight is 124 g/mol. The van der Waals surface area contributed by atoms with Crippen LogP contribution in [0.25, 0.3) is 0 Å². The van der Waals surface area contributed by atoms with Gasteiger partial charge in [0, 0.05) is 13.1 Å². The van der Waals surface area contributed by atoms with Crippen LogP contribution >= 0.6 is 0 Å². The molecule has 0 spiro atoms. The first-order valence-electron chi connectivity index (χ1n) is 3.12. The smallest absolute Gasteiger partial charge is 0.312 e. The molecule has 0 aromatic heterocycles. The van der Waals surface area contributed by atoms with Gasteiger partial charge in [-0.15, -0.1) is 0 Å². The van der Waals surface area contributed by atoms with Crippen LogP contribution in [0.5, 0.6) is 0 Å². The molecule has 9 heavy (non-hydrogen) atoms. The van der Waals surface area contributed by atoms with Crippen molar-refractivity contribution in [2.75, 3.05) is 13.1 Å². The van der Waals surface area contributed by atoms with E-state index in [1.807, 2.05) is 6.41 Å². The predicted octanol–water partition coefficient (Wildman–Crippen LogP) is 0.706. The Bertz CT molecular complexity index is 121. The highest BCUT2D eigenvalue weighted by Crippen LogP contribution is 2.11. The fourth-order valence-electron chi connectivity index (χ4n) is 0.914. The van der Waals surface area contributed by atoms with Gasteiger partial charge >= 0.3 is 6.41 Å². The fraction of sp³-hybridized carbons (Fsp3) is 0.571. The van der Waals surface area contributed by atoms with Gasteiger partial charge in [-0.05, 0) is 12.8 Å². The van der Waals surface area contributed by atoms with Crippen molar-refractivity contribution in [2.45, 2.75) is 12.8 Å². The maximum Gasteiger partial charge on any atom is 0.312 e. The highest BCUT2D eigenvalue weighted by atomic mass is 16.1. The Morgan fingerprint density at radius 1 is 1.44 bits per heavy atom. The summed E-state index contributed by atoms with van der Waals surface area (Å²) < 4.78 is 0. The third-order valence-electron chi connectivity index (χ3n) is 1.60. The Labute approximate surface area is 55.2 Å². The van der Waals surface area contributed by atoms with Gasteiger partial charge < -0.3 is 4.90 Å². The number of likely N-dealkylation sites (tertiary alicyclic amines) is 1. The number of hydrogen-bond donors (Lipinski definition) is 0. The summed E-state index contributed by atoms with van der Waals surface area (Å²) in [6.07, 6.45) is 3.77. The Kier molecular flexibility index (Phi) is 1.88. The molecule has 2 nitrogen and oxygen atoms in total. The SMILES string of the molecule is C=C1CCN([C]=O)CC1. The number of rotatable bonds is 1. The Morgan fingerprint density at radius 2 is 2.00 bits per heavy atom. The van der Waals surface area contributed by atoms with E-state index in [2.05, 4.69) is 6.58 Å². The van der Waals surface area contributed by atoms with Gasteiger partial charge in [-0.25, -0.2) is 0 Å². The topological polar surface area (TPSA) is 20.3 Å². The van der Waals surface area contributed by atoms with E-state index in [1.54, 1.807) is 4.90 Å². The predicted molar refractivity (Wildman–Crippen MR) is 35.6 cm³/mol. The molecule has 1 aliphatic heterocycles. The molecule has 1 fully saturated rings. The van der Waals surface area contributed by atoms with Crippen molar-refractivity contribution in [1.29, 1.82) is 0 Å². The lowest BCUT2D eigenvalue weighted by Gasteiger charge is -2.22. The van der Waals surface area contributed by atoms with Crippen molar-refractivity contribution in [3.63, 3.8) is 0 Å². The van der Waals surface area contributed by atoms with E-state index in [1.165, 1.54) is 5.57 Å². The molecule has 0 saturated carbocycles. The molecule has 49 valence electrons. The minimum absolute atomic E-state index is 0.808. The number of piperidine rings is 1. The molecule has 1 radical (unpaired) electrons. The monoisotopic (exact) mass is 124 g/mol. The van der Waals surface area contributed by atoms with Crippen LogP contribution in [0.3, 0.4) is 0 Å². The zero-order valence-corrected chi connectivity index (χ0v) is 5.39. The molecule has 1 amide bonds. The molecule has 1 saturated heterocycles. The van der Waals surface area contributed by atoms with Crippen LogP contribution in [-0.2, 0) is 4.79 Å². The molecule has 1 rings (SSSR count). The lowest BCUT2D eigenvalue weighted by atomic mass is 10.1. The molecule has 0 aliphatic carbocycles. The van der Waals surface area contributed by atoms with Gasteiger partial charge in [0.15, 0.2) is 0 Å². The van der Waals surface area contributed by atoms with Crippen LogP contribution < -0.4 is 0 Å². The minimum Gasteiger partial charge on any atom is -0.334 e. The first kappa shape index (κ1) is 6.33. The van der Waals surface area contributed by atoms with Gasteiger partial charge in [0.05, 0.1) is 0 Å². The van der Waals surface area contributed by atoms with Crippen LogP contribution in [0, 0.1) is 0 Å². The maximum absolute atomic E-state index is 10.0. The van der Waals surface area contributed by atoms with E-state index in [4.69, 9.17) is 0 Å². The molecule has 1 heterocycles. The van der Waals surface area contributed by atoms with Crippen LogP contribution in [0.15, 0.2) is 12.2 Å². The maximum atomic E-state index is 10.0. The molecule has 0 unspecified atom stereocenters. The normalized spacial score (nSPS) is 20.0. The summed E-state index contributed by atoms with van der Waals surface area (Å²) >= 11 is 0. The quantitative estimate of drug-likeness (QED) is 0.471. The molecule has 2 heteroatoms. The summed E-state index contributed by atoms with van der Waals surface area (Å²) in [7, 11) is 0. The third kappa shape index (κ3) is 1.56. The number of amides is 1. The van der Waals surface area contributed by atoms with E-state index >= 15 is 0 Å². The lowest BCUT2D eigenvalue weighted by molar-refractivity contribution is 0.358. The van der Waals surface area contributed by atoms with E-state index in [0.717, 1.165) is 25.9 Å². The van der Waals surface area contributed by atoms with Gasteiger partial charge in [0.25, 0.3) is 0 Å². The van der Waals surface area contributed by atoms with E-state index in [-0.39, 0.29) is 0 Å². The summed E-state index contributed by atoms with van der Waals surface area (Å²) in [6.45, 7) is 5.44. The van der Waals surface area contributed by atoms with Gasteiger partial charge in [-0.1, -0.05) is 12.2 Å². The Hall–Kier alpha value is -0.790. The summed E-state index contributed by atoms with van der Waals surface area (Å²) in [5.41, 5.74) is 1.25. The number of hydrogen-bond acceptors (Lipinski definition) is 1. The van der Waals surface area contributed by atoms with Crippen molar-refractivity contribution >= 4 is 6.41 Å². The van der Waals surface area contributed by atoms with E-state index in [0.29, 0.717) is 0 Å². The first-order chi connectivity index (χ1) is 4.33. The van der Waals surface area contributed by atoms with Crippen molar-refractivity contribution in [3.8, 4) is 0 Å². The number of nitrogens with zero attached hydrogens (tertiary/aromatic N) is 1. The minimum atomic E-state index is 0.808. The summed E-state index contributed by atoms with van der Waals surface area (Å²) in [5.74, 6) is 0. The van der Waals surface area contributed by atoms with Gasteiger partial charge in [-0.2, -0.15) is 0 Å². The molecule has 0 aromatic rings. The highest BCUT2D eigenvalue weighted by molar-refractivity contribution is 5.48. The highest BCUT2D eigenvalue weighted by Gasteiger charge is 2.09. The molecular formula is C7H10NO. The molecule has 1 aliphatic rings. The summed E-state index contributed by atoms with van der Waals surface area (Å²) in [4.78, 5) is 11.7. The lowest BCUT2D eigenvalue weighted by Crippen LogP contribution is -2.28. The molecule has 0 N–H and O–H groups in total. The standard InChI is InChI=1S/C7H10NO/c1-7-2-4-8(6-9)5-3-7/h1-5H2. The van der Waals surface area contributed by atoms with Crippen molar-refractivity contribution < 1.29 is 4.79 Å². The zero-order chi connectivity index (χ0) is 6.69. The van der Waals surface area contributed by atoms with Gasteiger partial charge in [0.2, 0.25) is 0 Å². The summed E-state index contributed by atoms with van der Waals surface area (Å²) in [5, 5.41) is 0. The number of carbonyl (C=O) groups excluding carboxylic acids is 1. The van der Waals surface area contributed by atoms with Crippen LogP contribution in [0.1, 0.15) is 12.8 Å². The first-order valence-corrected chi connectivity index (χ1v) is 3.12.